The van der Waals surface area contributed by atoms with E-state index in [1.54, 1.807) is 0 Å². The van der Waals surface area contributed by atoms with Gasteiger partial charge in [-0.05, 0) is 116 Å². The summed E-state index contributed by atoms with van der Waals surface area (Å²) in [7, 11) is 0. The van der Waals surface area contributed by atoms with Crippen molar-refractivity contribution in [1.82, 2.24) is 0 Å². The molecule has 0 heterocycles. The fourth-order valence-electron chi connectivity index (χ4n) is 9.73. The number of unbranched alkanes of at least 4 members (excludes halogenated alkanes) is 32. The first-order valence-corrected chi connectivity index (χ1v) is 35.0. The van der Waals surface area contributed by atoms with Crippen molar-refractivity contribution in [2.45, 2.75) is 335 Å². The van der Waals surface area contributed by atoms with Crippen molar-refractivity contribution in [3.8, 4) is 0 Å². The predicted octanol–water partition coefficient (Wildman–Crippen LogP) is 24.3. The van der Waals surface area contributed by atoms with Crippen LogP contribution in [0.25, 0.3) is 0 Å². The molecule has 0 aliphatic heterocycles. The van der Waals surface area contributed by atoms with E-state index in [2.05, 4.69) is 142 Å². The molecule has 0 aromatic heterocycles. The summed E-state index contributed by atoms with van der Waals surface area (Å²) in [4.78, 5) is 38.5. The van der Waals surface area contributed by atoms with Crippen molar-refractivity contribution in [3.63, 3.8) is 0 Å². The molecule has 0 aromatic carbocycles. The van der Waals surface area contributed by atoms with Crippen LogP contribution < -0.4 is 0 Å². The van der Waals surface area contributed by atoms with Gasteiger partial charge in [0.15, 0.2) is 6.10 Å². The Morgan fingerprint density at radius 2 is 0.470 bits per heavy atom. The third kappa shape index (κ3) is 68.5. The van der Waals surface area contributed by atoms with Crippen LogP contribution >= 0.6 is 0 Å². The average Bonchev–Trinajstić information content (AvgIpc) is 3.50. The van der Waals surface area contributed by atoms with Crippen LogP contribution in [0.1, 0.15) is 329 Å². The van der Waals surface area contributed by atoms with Gasteiger partial charge in [0.25, 0.3) is 0 Å². The number of ether oxygens (including phenoxy) is 3. The van der Waals surface area contributed by atoms with E-state index in [1.807, 2.05) is 0 Å². The molecule has 0 spiro atoms. The fourth-order valence-corrected chi connectivity index (χ4v) is 9.73. The van der Waals surface area contributed by atoms with E-state index < -0.39 is 6.10 Å². The molecule has 1 unspecified atom stereocenters. The normalized spacial score (nSPS) is 12.9. The highest BCUT2D eigenvalue weighted by Gasteiger charge is 2.19. The lowest BCUT2D eigenvalue weighted by molar-refractivity contribution is -0.167. The van der Waals surface area contributed by atoms with Crippen LogP contribution in [0.3, 0.4) is 0 Å². The summed E-state index contributed by atoms with van der Waals surface area (Å²) in [5.41, 5.74) is 0. The molecule has 0 N–H and O–H groups in total. The van der Waals surface area contributed by atoms with Crippen LogP contribution in [0.2, 0.25) is 0 Å². The van der Waals surface area contributed by atoms with Gasteiger partial charge in [-0.3, -0.25) is 14.4 Å². The van der Waals surface area contributed by atoms with Gasteiger partial charge in [-0.25, -0.2) is 0 Å². The fraction of sp³-hybridized carbons (Fsp3) is 0.701. The summed E-state index contributed by atoms with van der Waals surface area (Å²) in [6.07, 6.45) is 97.8. The minimum atomic E-state index is -0.802. The van der Waals surface area contributed by atoms with Crippen LogP contribution in [0.4, 0.5) is 0 Å². The summed E-state index contributed by atoms with van der Waals surface area (Å²) in [6, 6.07) is 0. The van der Waals surface area contributed by atoms with Gasteiger partial charge in [-0.2, -0.15) is 0 Å². The van der Waals surface area contributed by atoms with E-state index in [4.69, 9.17) is 14.2 Å². The quantitative estimate of drug-likeness (QED) is 0.0261. The van der Waals surface area contributed by atoms with Crippen LogP contribution in [-0.4, -0.2) is 37.2 Å². The van der Waals surface area contributed by atoms with Crippen molar-refractivity contribution in [3.05, 3.63) is 122 Å². The van der Waals surface area contributed by atoms with Crippen LogP contribution in [-0.2, 0) is 28.6 Å². The minimum absolute atomic E-state index is 0.0928. The summed E-state index contributed by atoms with van der Waals surface area (Å²) in [5, 5.41) is 0. The summed E-state index contributed by atoms with van der Waals surface area (Å²) < 4.78 is 17.0. The zero-order valence-corrected chi connectivity index (χ0v) is 54.4. The van der Waals surface area contributed by atoms with Gasteiger partial charge in [-0.15, -0.1) is 0 Å². The van der Waals surface area contributed by atoms with E-state index in [0.29, 0.717) is 19.3 Å². The number of carbonyl (C=O) groups excluding carboxylic acids is 3. The van der Waals surface area contributed by atoms with Gasteiger partial charge < -0.3 is 14.2 Å². The molecule has 6 nitrogen and oxygen atoms in total. The Morgan fingerprint density at radius 3 is 0.783 bits per heavy atom. The maximum Gasteiger partial charge on any atom is 0.306 e. The molecular formula is C77H130O6. The molecular weight excluding hydrogens is 1020 g/mol. The van der Waals surface area contributed by atoms with Crippen molar-refractivity contribution in [1.29, 1.82) is 0 Å². The van der Waals surface area contributed by atoms with Gasteiger partial charge in [0.1, 0.15) is 13.2 Å². The van der Waals surface area contributed by atoms with Crippen molar-refractivity contribution in [2.24, 2.45) is 0 Å². The Bertz CT molecular complexity index is 1700. The molecule has 0 aliphatic carbocycles. The third-order valence-corrected chi connectivity index (χ3v) is 15.0. The standard InChI is InChI=1S/C77H130O6/c1-4-7-10-13-16-19-22-25-28-31-34-35-36-37-38-39-40-41-44-46-49-52-55-58-61-64-67-70-76(79)82-73-74(83-77(80)71-68-65-62-59-56-53-50-47-43-33-30-27-24-21-18-15-12-9-6-3)72-81-75(78)69-66-63-60-57-54-51-48-45-42-32-29-26-23-20-17-14-11-8-5-2/h7,10,16,18-19,21,25,27-28,30,34-35,37-38,40-41,46,49,55,58,74H,4-6,8-9,11-15,17,20,22-24,26,29,31-33,36,39,42-45,47-48,50-54,56-57,59-73H2,1-3H3/b10-7-,19-16-,21-18-,28-25-,30-27-,35-34-,38-37-,41-40-,49-46-,58-55-. The average molecular weight is 1150 g/mol. The van der Waals surface area contributed by atoms with Crippen molar-refractivity contribution in [2.75, 3.05) is 13.2 Å². The van der Waals surface area contributed by atoms with E-state index >= 15 is 0 Å². The summed E-state index contributed by atoms with van der Waals surface area (Å²) in [5.74, 6) is -0.930. The second kappa shape index (κ2) is 70.3. The maximum atomic E-state index is 13.0. The van der Waals surface area contributed by atoms with E-state index in [1.165, 1.54) is 173 Å². The molecule has 0 rings (SSSR count). The van der Waals surface area contributed by atoms with Crippen molar-refractivity contribution < 1.29 is 28.6 Å². The second-order valence-electron chi connectivity index (χ2n) is 23.1. The second-order valence-corrected chi connectivity index (χ2v) is 23.1. The molecule has 0 aromatic rings. The van der Waals surface area contributed by atoms with E-state index in [-0.39, 0.29) is 31.1 Å². The highest BCUT2D eigenvalue weighted by molar-refractivity contribution is 5.71. The van der Waals surface area contributed by atoms with Gasteiger partial charge in [-0.1, -0.05) is 316 Å². The van der Waals surface area contributed by atoms with Gasteiger partial charge in [0.05, 0.1) is 0 Å². The number of allylic oxidation sites excluding steroid dienone is 20. The lowest BCUT2D eigenvalue weighted by Gasteiger charge is -2.18. The van der Waals surface area contributed by atoms with Crippen LogP contribution in [0, 0.1) is 0 Å². The number of rotatable bonds is 63. The lowest BCUT2D eigenvalue weighted by Crippen LogP contribution is -2.30. The summed E-state index contributed by atoms with van der Waals surface area (Å²) in [6.45, 7) is 6.50. The Hall–Kier alpha value is -4.19. The Morgan fingerprint density at radius 1 is 0.253 bits per heavy atom. The molecule has 474 valence electrons. The van der Waals surface area contributed by atoms with E-state index in [0.717, 1.165) is 116 Å². The van der Waals surface area contributed by atoms with Crippen LogP contribution in [0.15, 0.2) is 122 Å². The highest BCUT2D eigenvalue weighted by atomic mass is 16.6. The molecule has 1 atom stereocenters. The Kier molecular flexibility index (Phi) is 66.7. The predicted molar refractivity (Wildman–Crippen MR) is 362 cm³/mol. The monoisotopic (exact) mass is 1150 g/mol. The third-order valence-electron chi connectivity index (χ3n) is 15.0. The molecule has 0 bridgehead atoms. The number of hydrogen-bond donors (Lipinski definition) is 0. The van der Waals surface area contributed by atoms with Gasteiger partial charge >= 0.3 is 17.9 Å². The molecule has 0 aliphatic rings. The molecule has 0 saturated heterocycles. The number of carbonyl (C=O) groups is 3. The smallest absolute Gasteiger partial charge is 0.306 e. The first kappa shape index (κ1) is 78.8. The topological polar surface area (TPSA) is 78.9 Å². The first-order chi connectivity index (χ1) is 41.0. The zero-order chi connectivity index (χ0) is 59.9. The first-order valence-electron chi connectivity index (χ1n) is 35.0. The maximum absolute atomic E-state index is 13.0. The minimum Gasteiger partial charge on any atom is -0.462 e. The Labute approximate surface area is 513 Å². The highest BCUT2D eigenvalue weighted by Crippen LogP contribution is 2.17. The largest absolute Gasteiger partial charge is 0.462 e. The number of esters is 3. The number of hydrogen-bond acceptors (Lipinski definition) is 6. The molecule has 0 radical (unpaired) electrons. The van der Waals surface area contributed by atoms with Gasteiger partial charge in [0, 0.05) is 19.3 Å². The van der Waals surface area contributed by atoms with Gasteiger partial charge in [0.2, 0.25) is 0 Å². The Balaban J connectivity index is 4.46. The lowest BCUT2D eigenvalue weighted by atomic mass is 10.0. The molecule has 0 amide bonds. The molecule has 83 heavy (non-hydrogen) atoms. The SMILES string of the molecule is CC/C=C\C/C=C\C/C=C\C/C=C\C/C=C\C/C=C\C/C=C\C/C=C\CCCCC(=O)OCC(COC(=O)CCCCCCCCCCCCCCCCCCCCC)OC(=O)CCCCCCCCCCC/C=C\C/C=C\CCCCC. The zero-order valence-electron chi connectivity index (χ0n) is 54.4. The molecule has 0 fully saturated rings. The summed E-state index contributed by atoms with van der Waals surface area (Å²) >= 11 is 0. The van der Waals surface area contributed by atoms with Crippen molar-refractivity contribution >= 4 is 17.9 Å². The van der Waals surface area contributed by atoms with Crippen LogP contribution in [0.5, 0.6) is 0 Å². The molecule has 0 saturated carbocycles. The molecule has 6 heteroatoms. The van der Waals surface area contributed by atoms with E-state index in [9.17, 15) is 14.4 Å².